The maximum atomic E-state index is 13.0. The highest BCUT2D eigenvalue weighted by molar-refractivity contribution is 5.94. The van der Waals surface area contributed by atoms with E-state index >= 15 is 0 Å². The molecule has 6 heteroatoms. The van der Waals surface area contributed by atoms with Gasteiger partial charge in [-0.2, -0.15) is 5.10 Å². The number of aromatic nitrogens is 3. The van der Waals surface area contributed by atoms with Gasteiger partial charge in [-0.15, -0.1) is 0 Å². The molecular weight excluding hydrogens is 328 g/mol. The Morgan fingerprint density at radius 3 is 2.46 bits per heavy atom. The number of hydrogen-bond donors (Lipinski definition) is 0. The molecule has 0 spiro atoms. The number of nitrogens with zero attached hydrogens (tertiary/aromatic N) is 4. The van der Waals surface area contributed by atoms with Gasteiger partial charge in [-0.25, -0.2) is 9.48 Å². The molecule has 1 atom stereocenters. The highest BCUT2D eigenvalue weighted by Crippen LogP contribution is 2.27. The predicted molar refractivity (Wildman–Crippen MR) is 102 cm³/mol. The molecule has 0 N–H and O–H groups in total. The van der Waals surface area contributed by atoms with Crippen molar-refractivity contribution < 1.29 is 4.79 Å². The monoisotopic (exact) mass is 356 g/mol. The first-order valence-corrected chi connectivity index (χ1v) is 9.31. The molecule has 1 aromatic heterocycles. The zero-order valence-electron chi connectivity index (χ0n) is 16.3. The quantitative estimate of drug-likeness (QED) is 0.850. The van der Waals surface area contributed by atoms with Gasteiger partial charge >= 0.3 is 5.69 Å². The lowest BCUT2D eigenvalue weighted by atomic mass is 9.96. The van der Waals surface area contributed by atoms with Crippen LogP contribution in [-0.4, -0.2) is 38.2 Å². The third-order valence-corrected chi connectivity index (χ3v) is 5.04. The third-order valence-electron chi connectivity index (χ3n) is 5.04. The summed E-state index contributed by atoms with van der Waals surface area (Å²) in [4.78, 5) is 27.3. The summed E-state index contributed by atoms with van der Waals surface area (Å²) in [5.74, 6) is 0.955. The minimum absolute atomic E-state index is 0.0525. The van der Waals surface area contributed by atoms with E-state index < -0.39 is 0 Å². The second-order valence-corrected chi connectivity index (χ2v) is 7.69. The number of hydrogen-bond acceptors (Lipinski definition) is 3. The summed E-state index contributed by atoms with van der Waals surface area (Å²) in [5, 5.41) is 4.48. The predicted octanol–water partition coefficient (Wildman–Crippen LogP) is 2.80. The van der Waals surface area contributed by atoms with Crippen LogP contribution < -0.4 is 5.69 Å². The Balaban J connectivity index is 1.87. The van der Waals surface area contributed by atoms with Crippen molar-refractivity contribution in [3.63, 3.8) is 0 Å². The molecule has 0 aliphatic carbocycles. The highest BCUT2D eigenvalue weighted by Gasteiger charge is 2.30. The van der Waals surface area contributed by atoms with Gasteiger partial charge in [-0.3, -0.25) is 9.36 Å². The van der Waals surface area contributed by atoms with E-state index in [1.165, 1.54) is 4.68 Å². The van der Waals surface area contributed by atoms with Crippen molar-refractivity contribution in [3.05, 3.63) is 51.2 Å². The van der Waals surface area contributed by atoms with Crippen molar-refractivity contribution in [3.8, 4) is 0 Å². The van der Waals surface area contributed by atoms with Crippen molar-refractivity contribution >= 4 is 5.91 Å². The van der Waals surface area contributed by atoms with E-state index in [1.54, 1.807) is 11.6 Å². The van der Waals surface area contributed by atoms with Crippen LogP contribution in [0.5, 0.6) is 0 Å². The Hall–Kier alpha value is -2.37. The number of carbonyl (C=O) groups is 1. The summed E-state index contributed by atoms with van der Waals surface area (Å²) in [5.41, 5.74) is 2.85. The number of piperidine rings is 1. The van der Waals surface area contributed by atoms with Crippen molar-refractivity contribution in [1.29, 1.82) is 0 Å². The number of rotatable bonds is 3. The highest BCUT2D eigenvalue weighted by atomic mass is 16.2. The molecule has 26 heavy (non-hydrogen) atoms. The largest absolute Gasteiger partial charge is 0.345 e. The fourth-order valence-corrected chi connectivity index (χ4v) is 3.92. The first-order valence-electron chi connectivity index (χ1n) is 9.31. The molecule has 1 fully saturated rings. The zero-order chi connectivity index (χ0) is 19.0. The molecular formula is C20H28N4O2. The van der Waals surface area contributed by atoms with E-state index in [1.807, 2.05) is 44.7 Å². The van der Waals surface area contributed by atoms with E-state index in [0.717, 1.165) is 41.9 Å². The minimum atomic E-state index is -0.0900. The number of aryl methyl sites for hydroxylation is 3. The number of carbonyl (C=O) groups excluding carboxylic acids is 1. The van der Waals surface area contributed by atoms with Crippen LogP contribution in [-0.2, 0) is 7.05 Å². The molecule has 2 aromatic rings. The SMILES string of the molecule is Cc1cc(C)cc(C(=O)N2CCCC(c3nn(C)c(=O)n3C(C)C)C2)c1. The minimum Gasteiger partial charge on any atom is -0.338 e. The Morgan fingerprint density at radius 2 is 1.85 bits per heavy atom. The van der Waals surface area contributed by atoms with Crippen molar-refractivity contribution in [1.82, 2.24) is 19.2 Å². The Kier molecular flexibility index (Phi) is 5.03. The molecule has 6 nitrogen and oxygen atoms in total. The molecule has 0 saturated carbocycles. The first-order chi connectivity index (χ1) is 12.3. The fourth-order valence-electron chi connectivity index (χ4n) is 3.92. The first kappa shape index (κ1) is 18.4. The van der Waals surface area contributed by atoms with Crippen molar-refractivity contribution in [2.75, 3.05) is 13.1 Å². The molecule has 140 valence electrons. The number of amides is 1. The summed E-state index contributed by atoms with van der Waals surface area (Å²) >= 11 is 0. The molecule has 1 unspecified atom stereocenters. The molecule has 2 heterocycles. The van der Waals surface area contributed by atoms with Gasteiger partial charge in [-0.05, 0) is 52.7 Å². The molecule has 3 rings (SSSR count). The van der Waals surface area contributed by atoms with E-state index in [0.29, 0.717) is 6.54 Å². The van der Waals surface area contributed by atoms with Gasteiger partial charge in [0.25, 0.3) is 5.91 Å². The Morgan fingerprint density at radius 1 is 1.19 bits per heavy atom. The lowest BCUT2D eigenvalue weighted by Gasteiger charge is -2.33. The third kappa shape index (κ3) is 3.45. The van der Waals surface area contributed by atoms with Gasteiger partial charge in [0.15, 0.2) is 0 Å². The summed E-state index contributed by atoms with van der Waals surface area (Å²) in [6.07, 6.45) is 1.86. The molecule has 0 radical (unpaired) electrons. The normalized spacial score (nSPS) is 17.8. The van der Waals surface area contributed by atoms with Gasteiger partial charge < -0.3 is 4.90 Å². The second kappa shape index (κ2) is 7.09. The van der Waals surface area contributed by atoms with Gasteiger partial charge in [0.1, 0.15) is 5.82 Å². The average Bonchev–Trinajstić information content (AvgIpc) is 2.89. The van der Waals surface area contributed by atoms with Crippen LogP contribution in [0, 0.1) is 13.8 Å². The molecule has 1 aliphatic rings. The Bertz CT molecular complexity index is 858. The number of likely N-dealkylation sites (tertiary alicyclic amines) is 1. The zero-order valence-corrected chi connectivity index (χ0v) is 16.3. The molecule has 1 aliphatic heterocycles. The van der Waals surface area contributed by atoms with Crippen LogP contribution in [0.4, 0.5) is 0 Å². The molecule has 0 bridgehead atoms. The van der Waals surface area contributed by atoms with Gasteiger partial charge in [-0.1, -0.05) is 17.2 Å². The second-order valence-electron chi connectivity index (χ2n) is 7.69. The van der Waals surface area contributed by atoms with Crippen LogP contribution in [0.2, 0.25) is 0 Å². The summed E-state index contributed by atoms with van der Waals surface area (Å²) < 4.78 is 3.16. The van der Waals surface area contributed by atoms with E-state index in [2.05, 4.69) is 11.2 Å². The molecule has 1 saturated heterocycles. The van der Waals surface area contributed by atoms with Crippen molar-refractivity contribution in [2.45, 2.75) is 52.5 Å². The fraction of sp³-hybridized carbons (Fsp3) is 0.550. The summed E-state index contributed by atoms with van der Waals surface area (Å²) in [6.45, 7) is 9.37. The topological polar surface area (TPSA) is 60.1 Å². The standard InChI is InChI=1S/C20H28N4O2/c1-13(2)24-18(21-22(5)20(24)26)16-7-6-8-23(12-16)19(25)17-10-14(3)9-15(4)11-17/h9-11,13,16H,6-8,12H2,1-5H3. The molecule has 1 aromatic carbocycles. The Labute approximate surface area is 154 Å². The van der Waals surface area contributed by atoms with Crippen LogP contribution in [0.15, 0.2) is 23.0 Å². The van der Waals surface area contributed by atoms with Crippen molar-refractivity contribution in [2.24, 2.45) is 7.05 Å². The lowest BCUT2D eigenvalue weighted by Crippen LogP contribution is -2.40. The molecule has 1 amide bonds. The summed E-state index contributed by atoms with van der Waals surface area (Å²) in [6, 6.07) is 6.02. The van der Waals surface area contributed by atoms with E-state index in [9.17, 15) is 9.59 Å². The van der Waals surface area contributed by atoms with E-state index in [4.69, 9.17) is 0 Å². The lowest BCUT2D eigenvalue weighted by molar-refractivity contribution is 0.0702. The van der Waals surface area contributed by atoms with Gasteiger partial charge in [0.05, 0.1) is 0 Å². The van der Waals surface area contributed by atoms with Crippen LogP contribution in [0.25, 0.3) is 0 Å². The van der Waals surface area contributed by atoms with Gasteiger partial charge in [0, 0.05) is 37.7 Å². The van der Waals surface area contributed by atoms with E-state index in [-0.39, 0.29) is 23.6 Å². The number of benzene rings is 1. The van der Waals surface area contributed by atoms with Gasteiger partial charge in [0.2, 0.25) is 0 Å². The van der Waals surface area contributed by atoms with Crippen LogP contribution in [0.1, 0.15) is 66.0 Å². The maximum absolute atomic E-state index is 13.0. The van der Waals surface area contributed by atoms with Crippen LogP contribution in [0.3, 0.4) is 0 Å². The van der Waals surface area contributed by atoms with Crippen LogP contribution >= 0.6 is 0 Å². The summed E-state index contributed by atoms with van der Waals surface area (Å²) in [7, 11) is 1.69. The average molecular weight is 356 g/mol. The maximum Gasteiger partial charge on any atom is 0.345 e. The smallest absolute Gasteiger partial charge is 0.338 e.